The largest absolute Gasteiger partial charge is 0.301 e. The lowest BCUT2D eigenvalue weighted by Crippen LogP contribution is -2.46. The van der Waals surface area contributed by atoms with E-state index in [1.165, 1.54) is 39.1 Å². The molecule has 3 nitrogen and oxygen atoms in total. The highest BCUT2D eigenvalue weighted by atomic mass is 16.2. The standard InChI is InChI=1S/C11H23N2O/c1-2-5-12-7-9-13(10-8-12)6-3-4-11-14/h2-11H2,1H3. The topological polar surface area (TPSA) is 26.4 Å². The van der Waals surface area contributed by atoms with Crippen molar-refractivity contribution in [2.45, 2.75) is 26.2 Å². The van der Waals surface area contributed by atoms with E-state index in [1.54, 1.807) is 0 Å². The van der Waals surface area contributed by atoms with Crippen LogP contribution in [0.3, 0.4) is 0 Å². The van der Waals surface area contributed by atoms with Gasteiger partial charge in [0.25, 0.3) is 0 Å². The molecule has 0 aromatic carbocycles. The van der Waals surface area contributed by atoms with E-state index >= 15 is 0 Å². The van der Waals surface area contributed by atoms with Gasteiger partial charge in [-0.25, -0.2) is 5.11 Å². The Bertz CT molecular complexity index is 133. The summed E-state index contributed by atoms with van der Waals surface area (Å²) in [7, 11) is 0. The van der Waals surface area contributed by atoms with Crippen LogP contribution < -0.4 is 0 Å². The summed E-state index contributed by atoms with van der Waals surface area (Å²) in [5.41, 5.74) is 0. The number of rotatable bonds is 6. The summed E-state index contributed by atoms with van der Waals surface area (Å²) in [4.78, 5) is 5.02. The first kappa shape index (κ1) is 12.0. The maximum Gasteiger partial charge on any atom is 0.0822 e. The molecule has 83 valence electrons. The molecule has 0 saturated carbocycles. The zero-order valence-electron chi connectivity index (χ0n) is 9.37. The maximum atomic E-state index is 10.3. The molecule has 1 fully saturated rings. The van der Waals surface area contributed by atoms with Crippen LogP contribution in [-0.2, 0) is 5.11 Å². The third-order valence-electron chi connectivity index (χ3n) is 2.87. The quantitative estimate of drug-likeness (QED) is 0.601. The Hall–Kier alpha value is -0.120. The molecule has 1 aliphatic rings. The Morgan fingerprint density at radius 2 is 1.50 bits per heavy atom. The van der Waals surface area contributed by atoms with E-state index in [4.69, 9.17) is 0 Å². The van der Waals surface area contributed by atoms with Crippen LogP contribution in [0.4, 0.5) is 0 Å². The van der Waals surface area contributed by atoms with Gasteiger partial charge in [0.05, 0.1) is 6.61 Å². The summed E-state index contributed by atoms with van der Waals surface area (Å²) in [5.74, 6) is 0. The Morgan fingerprint density at radius 3 is 2.00 bits per heavy atom. The molecule has 14 heavy (non-hydrogen) atoms. The highest BCUT2D eigenvalue weighted by Crippen LogP contribution is 2.03. The van der Waals surface area contributed by atoms with Crippen molar-refractivity contribution in [1.29, 1.82) is 0 Å². The van der Waals surface area contributed by atoms with Gasteiger partial charge >= 0.3 is 0 Å². The molecular formula is C11H23N2O. The molecule has 1 aliphatic heterocycles. The first-order chi connectivity index (χ1) is 6.86. The van der Waals surface area contributed by atoms with Gasteiger partial charge in [0.2, 0.25) is 0 Å². The molecule has 0 aromatic heterocycles. The first-order valence-corrected chi connectivity index (χ1v) is 5.89. The SMILES string of the molecule is CCCN1CCN(CCCC[O])CC1. The molecule has 0 atom stereocenters. The number of unbranched alkanes of at least 4 members (excludes halogenated alkanes) is 1. The molecule has 0 aliphatic carbocycles. The van der Waals surface area contributed by atoms with E-state index in [-0.39, 0.29) is 6.61 Å². The van der Waals surface area contributed by atoms with E-state index in [0.29, 0.717) is 0 Å². The Kier molecular flexibility index (Phi) is 6.15. The summed E-state index contributed by atoms with van der Waals surface area (Å²) in [6.45, 7) is 9.52. The third-order valence-corrected chi connectivity index (χ3v) is 2.87. The maximum absolute atomic E-state index is 10.3. The monoisotopic (exact) mass is 199 g/mol. The van der Waals surface area contributed by atoms with Crippen molar-refractivity contribution in [3.8, 4) is 0 Å². The predicted octanol–water partition coefficient (Wildman–Crippen LogP) is 1.22. The lowest BCUT2D eigenvalue weighted by molar-refractivity contribution is 0.125. The van der Waals surface area contributed by atoms with Crippen molar-refractivity contribution in [2.24, 2.45) is 0 Å². The van der Waals surface area contributed by atoms with Gasteiger partial charge in [0, 0.05) is 26.2 Å². The minimum Gasteiger partial charge on any atom is -0.301 e. The molecule has 1 radical (unpaired) electrons. The highest BCUT2D eigenvalue weighted by molar-refractivity contribution is 4.71. The third kappa shape index (κ3) is 4.40. The van der Waals surface area contributed by atoms with Gasteiger partial charge < -0.3 is 9.80 Å². The lowest BCUT2D eigenvalue weighted by atomic mass is 10.2. The molecule has 1 saturated heterocycles. The van der Waals surface area contributed by atoms with Gasteiger partial charge in [-0.1, -0.05) is 6.92 Å². The van der Waals surface area contributed by atoms with Crippen molar-refractivity contribution in [2.75, 3.05) is 45.9 Å². The zero-order chi connectivity index (χ0) is 10.2. The van der Waals surface area contributed by atoms with Gasteiger partial charge in [-0.2, -0.15) is 0 Å². The van der Waals surface area contributed by atoms with Crippen LogP contribution in [0.25, 0.3) is 0 Å². The molecule has 0 aromatic rings. The number of nitrogens with zero attached hydrogens (tertiary/aromatic N) is 2. The van der Waals surface area contributed by atoms with Gasteiger partial charge in [0.15, 0.2) is 0 Å². The van der Waals surface area contributed by atoms with E-state index in [1.807, 2.05) is 0 Å². The second-order valence-electron chi connectivity index (χ2n) is 4.09. The molecule has 0 spiro atoms. The Labute approximate surface area is 87.7 Å². The average molecular weight is 199 g/mol. The molecule has 0 amide bonds. The molecule has 1 heterocycles. The van der Waals surface area contributed by atoms with Crippen molar-refractivity contribution in [3.05, 3.63) is 0 Å². The van der Waals surface area contributed by atoms with Gasteiger partial charge in [0.1, 0.15) is 0 Å². The number of hydrogen-bond donors (Lipinski definition) is 0. The first-order valence-electron chi connectivity index (χ1n) is 5.89. The molecule has 1 rings (SSSR count). The fourth-order valence-electron chi connectivity index (χ4n) is 1.99. The van der Waals surface area contributed by atoms with Crippen LogP contribution in [0, 0.1) is 0 Å². The van der Waals surface area contributed by atoms with Crippen LogP contribution in [0.1, 0.15) is 26.2 Å². The van der Waals surface area contributed by atoms with E-state index < -0.39 is 0 Å². The van der Waals surface area contributed by atoms with Crippen LogP contribution >= 0.6 is 0 Å². The molecule has 0 bridgehead atoms. The average Bonchev–Trinajstić information content (AvgIpc) is 2.21. The number of hydrogen-bond acceptors (Lipinski definition) is 2. The minimum atomic E-state index is 0.0931. The summed E-state index contributed by atoms with van der Waals surface area (Å²) >= 11 is 0. The van der Waals surface area contributed by atoms with Crippen molar-refractivity contribution in [1.82, 2.24) is 9.80 Å². The summed E-state index contributed by atoms with van der Waals surface area (Å²) in [5, 5.41) is 10.3. The van der Waals surface area contributed by atoms with Gasteiger partial charge in [-0.05, 0) is 32.4 Å². The minimum absolute atomic E-state index is 0.0931. The second-order valence-corrected chi connectivity index (χ2v) is 4.09. The molecule has 0 unspecified atom stereocenters. The predicted molar refractivity (Wildman–Crippen MR) is 58.0 cm³/mol. The number of piperazine rings is 1. The van der Waals surface area contributed by atoms with Crippen molar-refractivity contribution >= 4 is 0 Å². The van der Waals surface area contributed by atoms with Gasteiger partial charge in [-0.15, -0.1) is 0 Å². The normalized spacial score (nSPS) is 20.1. The Morgan fingerprint density at radius 1 is 0.929 bits per heavy atom. The van der Waals surface area contributed by atoms with E-state index in [9.17, 15) is 5.11 Å². The van der Waals surface area contributed by atoms with Gasteiger partial charge in [-0.3, -0.25) is 0 Å². The van der Waals surface area contributed by atoms with Crippen molar-refractivity contribution in [3.63, 3.8) is 0 Å². The molecule has 0 N–H and O–H groups in total. The zero-order valence-corrected chi connectivity index (χ0v) is 9.37. The second kappa shape index (κ2) is 7.21. The van der Waals surface area contributed by atoms with Crippen LogP contribution in [0.5, 0.6) is 0 Å². The fraction of sp³-hybridized carbons (Fsp3) is 1.00. The Balaban J connectivity index is 2.03. The van der Waals surface area contributed by atoms with E-state index in [2.05, 4.69) is 16.7 Å². The smallest absolute Gasteiger partial charge is 0.0822 e. The van der Waals surface area contributed by atoms with Crippen LogP contribution in [-0.4, -0.2) is 55.7 Å². The molecule has 3 heteroatoms. The lowest BCUT2D eigenvalue weighted by Gasteiger charge is -2.34. The summed E-state index contributed by atoms with van der Waals surface area (Å²) in [6.07, 6.45) is 3.18. The highest BCUT2D eigenvalue weighted by Gasteiger charge is 2.14. The fourth-order valence-corrected chi connectivity index (χ4v) is 1.99. The van der Waals surface area contributed by atoms with Crippen LogP contribution in [0.2, 0.25) is 0 Å². The molecular weight excluding hydrogens is 176 g/mol. The van der Waals surface area contributed by atoms with E-state index in [0.717, 1.165) is 19.4 Å². The van der Waals surface area contributed by atoms with Crippen molar-refractivity contribution < 1.29 is 5.11 Å². The summed E-state index contributed by atoms with van der Waals surface area (Å²) in [6, 6.07) is 0. The summed E-state index contributed by atoms with van der Waals surface area (Å²) < 4.78 is 0. The van der Waals surface area contributed by atoms with Crippen LogP contribution in [0.15, 0.2) is 0 Å².